The summed E-state index contributed by atoms with van der Waals surface area (Å²) in [5, 5.41) is 1.02. The zero-order chi connectivity index (χ0) is 11.7. The third kappa shape index (κ3) is 1.69. The molecule has 17 heavy (non-hydrogen) atoms. The molecule has 0 amide bonds. The van der Waals surface area contributed by atoms with Crippen LogP contribution >= 0.6 is 0 Å². The van der Waals surface area contributed by atoms with E-state index in [9.17, 15) is 4.79 Å². The van der Waals surface area contributed by atoms with Crippen LogP contribution in [0.15, 0.2) is 47.1 Å². The molecule has 0 aliphatic heterocycles. The number of carbonyl (C=O) groups excluding carboxylic acids is 1. The number of para-hydroxylation sites is 1. The highest BCUT2D eigenvalue weighted by atomic mass is 16.3. The van der Waals surface area contributed by atoms with Crippen LogP contribution in [0.5, 0.6) is 0 Å². The van der Waals surface area contributed by atoms with Gasteiger partial charge in [-0.25, -0.2) is 9.97 Å². The molecule has 1 aromatic carbocycles. The Labute approximate surface area is 96.9 Å². The first kappa shape index (κ1) is 9.72. The van der Waals surface area contributed by atoms with E-state index in [4.69, 9.17) is 4.42 Å². The van der Waals surface area contributed by atoms with Crippen molar-refractivity contribution in [3.63, 3.8) is 0 Å². The summed E-state index contributed by atoms with van der Waals surface area (Å²) in [6.07, 6.45) is 3.62. The minimum Gasteiger partial charge on any atom is -0.454 e. The molecule has 4 nitrogen and oxygen atoms in total. The molecular formula is C13H8N2O2. The molecule has 0 spiro atoms. The van der Waals surface area contributed by atoms with Gasteiger partial charge in [-0.15, -0.1) is 0 Å². The van der Waals surface area contributed by atoms with Gasteiger partial charge in [-0.05, 0) is 12.1 Å². The van der Waals surface area contributed by atoms with Gasteiger partial charge in [-0.3, -0.25) is 4.79 Å². The number of benzene rings is 1. The van der Waals surface area contributed by atoms with Crippen LogP contribution in [0.1, 0.15) is 10.5 Å². The van der Waals surface area contributed by atoms with Crippen LogP contribution in [0.2, 0.25) is 0 Å². The van der Waals surface area contributed by atoms with E-state index >= 15 is 0 Å². The number of nitrogens with zero attached hydrogens (tertiary/aromatic N) is 2. The predicted octanol–water partition coefficient (Wildman–Crippen LogP) is 2.70. The van der Waals surface area contributed by atoms with Crippen LogP contribution in [-0.4, -0.2) is 16.3 Å². The summed E-state index contributed by atoms with van der Waals surface area (Å²) in [6.45, 7) is 0. The van der Waals surface area contributed by atoms with Gasteiger partial charge in [-0.2, -0.15) is 0 Å². The molecular weight excluding hydrogens is 216 g/mol. The Balaban J connectivity index is 2.10. The van der Waals surface area contributed by atoms with Gasteiger partial charge in [0.15, 0.2) is 12.0 Å². The molecule has 0 saturated heterocycles. The van der Waals surface area contributed by atoms with Crippen LogP contribution in [0, 0.1) is 0 Å². The van der Waals surface area contributed by atoms with Gasteiger partial charge in [0.2, 0.25) is 0 Å². The molecule has 0 fully saturated rings. The SMILES string of the molecule is O=Cc1cnc(-c2cc3ccccc3o2)cn1. The lowest BCUT2D eigenvalue weighted by Crippen LogP contribution is -1.89. The van der Waals surface area contributed by atoms with Crippen molar-refractivity contribution < 1.29 is 9.21 Å². The third-order valence-corrected chi connectivity index (χ3v) is 2.47. The lowest BCUT2D eigenvalue weighted by Gasteiger charge is -1.94. The number of rotatable bonds is 2. The number of carbonyl (C=O) groups is 1. The highest BCUT2D eigenvalue weighted by Crippen LogP contribution is 2.25. The second-order valence-corrected chi connectivity index (χ2v) is 3.59. The molecule has 82 valence electrons. The molecule has 0 atom stereocenters. The van der Waals surface area contributed by atoms with Crippen LogP contribution in [0.4, 0.5) is 0 Å². The number of fused-ring (bicyclic) bond motifs is 1. The largest absolute Gasteiger partial charge is 0.454 e. The van der Waals surface area contributed by atoms with Gasteiger partial charge in [0, 0.05) is 5.39 Å². The molecule has 2 heterocycles. The van der Waals surface area contributed by atoms with E-state index in [1.807, 2.05) is 30.3 Å². The first-order valence-electron chi connectivity index (χ1n) is 5.13. The van der Waals surface area contributed by atoms with Gasteiger partial charge in [-0.1, -0.05) is 18.2 Å². The van der Waals surface area contributed by atoms with Gasteiger partial charge in [0.25, 0.3) is 0 Å². The van der Waals surface area contributed by atoms with E-state index in [1.54, 1.807) is 0 Å². The van der Waals surface area contributed by atoms with E-state index in [0.717, 1.165) is 11.0 Å². The lowest BCUT2D eigenvalue weighted by atomic mass is 10.2. The minimum absolute atomic E-state index is 0.310. The molecule has 3 rings (SSSR count). The third-order valence-electron chi connectivity index (χ3n) is 2.47. The maximum absolute atomic E-state index is 10.5. The Kier molecular flexibility index (Phi) is 2.19. The second-order valence-electron chi connectivity index (χ2n) is 3.59. The molecule has 0 unspecified atom stereocenters. The van der Waals surface area contributed by atoms with E-state index in [0.29, 0.717) is 23.4 Å². The fourth-order valence-corrected chi connectivity index (χ4v) is 1.63. The van der Waals surface area contributed by atoms with Gasteiger partial charge in [0.05, 0.1) is 12.4 Å². The standard InChI is InChI=1S/C13H8N2O2/c16-8-10-6-15-11(7-14-10)13-5-9-3-1-2-4-12(9)17-13/h1-8H. The Morgan fingerprint density at radius 3 is 2.71 bits per heavy atom. The Morgan fingerprint density at radius 2 is 2.00 bits per heavy atom. The first-order chi connectivity index (χ1) is 8.36. The zero-order valence-electron chi connectivity index (χ0n) is 8.83. The summed E-state index contributed by atoms with van der Waals surface area (Å²) in [6, 6.07) is 9.63. The van der Waals surface area contributed by atoms with Crippen molar-refractivity contribution in [1.29, 1.82) is 0 Å². The van der Waals surface area contributed by atoms with E-state index in [1.165, 1.54) is 12.4 Å². The topological polar surface area (TPSA) is 56.0 Å². The van der Waals surface area contributed by atoms with Crippen LogP contribution in [-0.2, 0) is 0 Å². The van der Waals surface area contributed by atoms with Crippen molar-refractivity contribution in [3.8, 4) is 11.5 Å². The van der Waals surface area contributed by atoms with Crippen molar-refractivity contribution in [2.45, 2.75) is 0 Å². The summed E-state index contributed by atoms with van der Waals surface area (Å²) in [4.78, 5) is 18.5. The molecule has 4 heteroatoms. The van der Waals surface area contributed by atoms with Gasteiger partial charge < -0.3 is 4.42 Å². The van der Waals surface area contributed by atoms with Crippen molar-refractivity contribution >= 4 is 17.3 Å². The van der Waals surface area contributed by atoms with Crippen molar-refractivity contribution in [3.05, 3.63) is 48.4 Å². The normalized spacial score (nSPS) is 10.6. The molecule has 0 N–H and O–H groups in total. The number of hydrogen-bond acceptors (Lipinski definition) is 4. The second kappa shape index (κ2) is 3.83. The quantitative estimate of drug-likeness (QED) is 0.628. The first-order valence-corrected chi connectivity index (χ1v) is 5.13. The van der Waals surface area contributed by atoms with Crippen molar-refractivity contribution in [2.75, 3.05) is 0 Å². The van der Waals surface area contributed by atoms with Gasteiger partial charge >= 0.3 is 0 Å². The molecule has 3 aromatic rings. The number of furan rings is 1. The highest BCUT2D eigenvalue weighted by molar-refractivity contribution is 5.82. The maximum atomic E-state index is 10.5. The molecule has 0 bridgehead atoms. The lowest BCUT2D eigenvalue weighted by molar-refractivity contribution is 0.111. The summed E-state index contributed by atoms with van der Waals surface area (Å²) >= 11 is 0. The Bertz CT molecular complexity index is 638. The zero-order valence-corrected chi connectivity index (χ0v) is 8.83. The molecule has 0 aliphatic rings. The highest BCUT2D eigenvalue weighted by Gasteiger charge is 2.07. The maximum Gasteiger partial charge on any atom is 0.170 e. The number of hydrogen-bond donors (Lipinski definition) is 0. The Hall–Kier alpha value is -2.49. The molecule has 0 aliphatic carbocycles. The molecule has 0 radical (unpaired) electrons. The summed E-state index contributed by atoms with van der Waals surface area (Å²) in [5.74, 6) is 0.649. The predicted molar refractivity (Wildman–Crippen MR) is 62.6 cm³/mol. The minimum atomic E-state index is 0.310. The summed E-state index contributed by atoms with van der Waals surface area (Å²) in [7, 11) is 0. The van der Waals surface area contributed by atoms with Crippen LogP contribution < -0.4 is 0 Å². The fraction of sp³-hybridized carbons (Fsp3) is 0. The van der Waals surface area contributed by atoms with Crippen molar-refractivity contribution in [1.82, 2.24) is 9.97 Å². The van der Waals surface area contributed by atoms with Crippen LogP contribution in [0.3, 0.4) is 0 Å². The van der Waals surface area contributed by atoms with Crippen molar-refractivity contribution in [2.24, 2.45) is 0 Å². The fourth-order valence-electron chi connectivity index (χ4n) is 1.63. The summed E-state index contributed by atoms with van der Waals surface area (Å²) in [5.41, 5.74) is 1.74. The number of aldehydes is 1. The average molecular weight is 224 g/mol. The summed E-state index contributed by atoms with van der Waals surface area (Å²) < 4.78 is 5.64. The van der Waals surface area contributed by atoms with E-state index in [2.05, 4.69) is 9.97 Å². The molecule has 2 aromatic heterocycles. The smallest absolute Gasteiger partial charge is 0.170 e. The average Bonchev–Trinajstić information content (AvgIpc) is 2.82. The van der Waals surface area contributed by atoms with E-state index in [-0.39, 0.29) is 0 Å². The monoisotopic (exact) mass is 224 g/mol. The van der Waals surface area contributed by atoms with E-state index < -0.39 is 0 Å². The number of aromatic nitrogens is 2. The Morgan fingerprint density at radius 1 is 1.12 bits per heavy atom. The molecule has 0 saturated carbocycles. The van der Waals surface area contributed by atoms with Crippen LogP contribution in [0.25, 0.3) is 22.4 Å². The van der Waals surface area contributed by atoms with Gasteiger partial charge in [0.1, 0.15) is 17.0 Å².